The molecule has 140 valence electrons. The zero-order valence-corrected chi connectivity index (χ0v) is 16.3. The highest BCUT2D eigenvalue weighted by molar-refractivity contribution is 5.85. The van der Waals surface area contributed by atoms with Crippen molar-refractivity contribution in [1.82, 2.24) is 4.98 Å². The van der Waals surface area contributed by atoms with Crippen LogP contribution >= 0.6 is 0 Å². The van der Waals surface area contributed by atoms with E-state index in [1.54, 1.807) is 24.5 Å². The van der Waals surface area contributed by atoms with Gasteiger partial charge in [-0.3, -0.25) is 4.98 Å². The molecule has 3 nitrogen and oxygen atoms in total. The number of unbranched alkanes of at least 4 members (excludes halogenated alkanes) is 2. The molecule has 0 amide bonds. The largest absolute Gasteiger partial charge is 0.507 e. The first-order valence-electron chi connectivity index (χ1n) is 9.59. The van der Waals surface area contributed by atoms with E-state index in [1.165, 1.54) is 25.7 Å². The molecule has 3 heteroatoms. The minimum atomic E-state index is 0.0918. The average molecular weight is 354 g/mol. The summed E-state index contributed by atoms with van der Waals surface area (Å²) >= 11 is 0. The number of aromatic nitrogens is 1. The number of aromatic hydroxyl groups is 2. The van der Waals surface area contributed by atoms with Crippen molar-refractivity contribution in [2.75, 3.05) is 0 Å². The van der Waals surface area contributed by atoms with Gasteiger partial charge < -0.3 is 10.2 Å². The molecule has 0 aliphatic heterocycles. The van der Waals surface area contributed by atoms with Crippen LogP contribution in [0.5, 0.6) is 11.5 Å². The van der Waals surface area contributed by atoms with Gasteiger partial charge in [-0.1, -0.05) is 51.7 Å². The lowest BCUT2D eigenvalue weighted by Crippen LogP contribution is -1.98. The summed E-state index contributed by atoms with van der Waals surface area (Å²) in [7, 11) is 0. The van der Waals surface area contributed by atoms with Crippen LogP contribution in [0.25, 0.3) is 16.7 Å². The van der Waals surface area contributed by atoms with Gasteiger partial charge in [0.1, 0.15) is 11.5 Å². The Bertz CT molecular complexity index is 729. The van der Waals surface area contributed by atoms with Gasteiger partial charge >= 0.3 is 0 Å². The summed E-state index contributed by atoms with van der Waals surface area (Å²) < 4.78 is 0. The molecule has 26 heavy (non-hydrogen) atoms. The monoisotopic (exact) mass is 353 g/mol. The van der Waals surface area contributed by atoms with Crippen molar-refractivity contribution in [3.8, 4) is 22.6 Å². The lowest BCUT2D eigenvalue weighted by atomic mass is 9.92. The van der Waals surface area contributed by atoms with Gasteiger partial charge in [0.25, 0.3) is 0 Å². The molecule has 0 spiro atoms. The second kappa shape index (κ2) is 9.42. The summed E-state index contributed by atoms with van der Waals surface area (Å²) in [5, 5.41) is 21.1. The van der Waals surface area contributed by atoms with E-state index in [4.69, 9.17) is 0 Å². The average Bonchev–Trinajstić information content (AvgIpc) is 2.60. The molecule has 1 aromatic heterocycles. The van der Waals surface area contributed by atoms with Gasteiger partial charge in [0, 0.05) is 18.0 Å². The fourth-order valence-corrected chi connectivity index (χ4v) is 3.35. The standard InChI is InChI=1S/C23H31NO2/c1-5-6-7-8-17(4)9-10-18-13-21(25)23(22(26)14-18)20-15-24-12-11-19(20)16(2)3/h11-15,17,25-26H,2,5-10H2,1,3-4H3. The molecule has 0 saturated carbocycles. The number of phenols is 2. The number of phenolic OH excluding ortho intramolecular Hbond substituents is 2. The molecule has 1 unspecified atom stereocenters. The van der Waals surface area contributed by atoms with Crippen molar-refractivity contribution in [3.05, 3.63) is 48.3 Å². The van der Waals surface area contributed by atoms with E-state index >= 15 is 0 Å². The first kappa shape index (κ1) is 20.0. The maximum Gasteiger partial charge on any atom is 0.127 e. The van der Waals surface area contributed by atoms with Crippen molar-refractivity contribution < 1.29 is 10.2 Å². The quantitative estimate of drug-likeness (QED) is 0.517. The number of hydrogen-bond donors (Lipinski definition) is 2. The van der Waals surface area contributed by atoms with Crippen molar-refractivity contribution >= 4 is 5.57 Å². The Morgan fingerprint density at radius 2 is 1.85 bits per heavy atom. The minimum Gasteiger partial charge on any atom is -0.507 e. The number of hydrogen-bond acceptors (Lipinski definition) is 3. The molecular weight excluding hydrogens is 322 g/mol. The van der Waals surface area contributed by atoms with Gasteiger partial charge in [0.2, 0.25) is 0 Å². The van der Waals surface area contributed by atoms with Crippen molar-refractivity contribution in [3.63, 3.8) is 0 Å². The van der Waals surface area contributed by atoms with Crippen LogP contribution in [0.4, 0.5) is 0 Å². The third-order valence-electron chi connectivity index (χ3n) is 4.93. The topological polar surface area (TPSA) is 53.4 Å². The number of rotatable bonds is 9. The van der Waals surface area contributed by atoms with Gasteiger partial charge in [0.05, 0.1) is 5.56 Å². The molecular formula is C23H31NO2. The highest BCUT2D eigenvalue weighted by Gasteiger charge is 2.16. The first-order valence-corrected chi connectivity index (χ1v) is 9.59. The maximum absolute atomic E-state index is 10.6. The number of aryl methyl sites for hydroxylation is 1. The molecule has 1 heterocycles. The predicted octanol–water partition coefficient (Wildman–Crippen LogP) is 6.34. The van der Waals surface area contributed by atoms with Crippen LogP contribution in [0.3, 0.4) is 0 Å². The Kier molecular flexibility index (Phi) is 7.26. The zero-order valence-electron chi connectivity index (χ0n) is 16.3. The van der Waals surface area contributed by atoms with E-state index in [2.05, 4.69) is 25.4 Å². The Morgan fingerprint density at radius 3 is 2.46 bits per heavy atom. The van der Waals surface area contributed by atoms with Gasteiger partial charge in [-0.25, -0.2) is 0 Å². The van der Waals surface area contributed by atoms with Crippen LogP contribution in [0.2, 0.25) is 0 Å². The second-order valence-corrected chi connectivity index (χ2v) is 7.35. The van der Waals surface area contributed by atoms with E-state index in [1.807, 2.05) is 13.0 Å². The van der Waals surface area contributed by atoms with Gasteiger partial charge in [-0.2, -0.15) is 0 Å². The SMILES string of the molecule is C=C(C)c1ccncc1-c1c(O)cc(CCC(C)CCCCC)cc1O. The molecule has 1 atom stereocenters. The normalized spacial score (nSPS) is 12.1. The molecule has 0 radical (unpaired) electrons. The van der Waals surface area contributed by atoms with Crippen LogP contribution in [0.15, 0.2) is 37.2 Å². The van der Waals surface area contributed by atoms with Crippen molar-refractivity contribution in [2.45, 2.75) is 59.3 Å². The highest BCUT2D eigenvalue weighted by Crippen LogP contribution is 2.41. The van der Waals surface area contributed by atoms with E-state index in [-0.39, 0.29) is 11.5 Å². The first-order chi connectivity index (χ1) is 12.4. The van der Waals surface area contributed by atoms with Gasteiger partial charge in [-0.15, -0.1) is 0 Å². The Morgan fingerprint density at radius 1 is 1.15 bits per heavy atom. The van der Waals surface area contributed by atoms with Crippen LogP contribution in [0, 0.1) is 5.92 Å². The second-order valence-electron chi connectivity index (χ2n) is 7.35. The number of benzene rings is 1. The van der Waals surface area contributed by atoms with E-state index in [9.17, 15) is 10.2 Å². The van der Waals surface area contributed by atoms with Crippen LogP contribution < -0.4 is 0 Å². The molecule has 0 aliphatic carbocycles. The summed E-state index contributed by atoms with van der Waals surface area (Å²) in [6, 6.07) is 5.38. The van der Waals surface area contributed by atoms with Crippen LogP contribution in [-0.4, -0.2) is 15.2 Å². The van der Waals surface area contributed by atoms with E-state index in [0.29, 0.717) is 17.0 Å². The Balaban J connectivity index is 2.18. The van der Waals surface area contributed by atoms with Crippen molar-refractivity contribution in [1.29, 1.82) is 0 Å². The third kappa shape index (κ3) is 5.10. The summed E-state index contributed by atoms with van der Waals surface area (Å²) in [6.07, 6.45) is 10.3. The smallest absolute Gasteiger partial charge is 0.127 e. The van der Waals surface area contributed by atoms with Crippen molar-refractivity contribution in [2.24, 2.45) is 5.92 Å². The fourth-order valence-electron chi connectivity index (χ4n) is 3.35. The Hall–Kier alpha value is -2.29. The highest BCUT2D eigenvalue weighted by atomic mass is 16.3. The molecule has 0 aliphatic rings. The molecule has 0 bridgehead atoms. The third-order valence-corrected chi connectivity index (χ3v) is 4.93. The minimum absolute atomic E-state index is 0.0918. The predicted molar refractivity (Wildman–Crippen MR) is 109 cm³/mol. The van der Waals surface area contributed by atoms with E-state index in [0.717, 1.165) is 29.5 Å². The van der Waals surface area contributed by atoms with Gasteiger partial charge in [0.15, 0.2) is 0 Å². The van der Waals surface area contributed by atoms with E-state index < -0.39 is 0 Å². The molecule has 0 saturated heterocycles. The lowest BCUT2D eigenvalue weighted by molar-refractivity contribution is 0.447. The number of allylic oxidation sites excluding steroid dienone is 1. The fraction of sp³-hybridized carbons (Fsp3) is 0.435. The number of pyridine rings is 1. The summed E-state index contributed by atoms with van der Waals surface area (Å²) in [5.41, 5.74) is 3.84. The molecule has 2 rings (SSSR count). The molecule has 0 fully saturated rings. The molecule has 2 aromatic rings. The molecule has 1 aromatic carbocycles. The lowest BCUT2D eigenvalue weighted by Gasteiger charge is -2.15. The van der Waals surface area contributed by atoms with Crippen LogP contribution in [-0.2, 0) is 6.42 Å². The molecule has 2 N–H and O–H groups in total. The zero-order chi connectivity index (χ0) is 19.1. The summed E-state index contributed by atoms with van der Waals surface area (Å²) in [5.74, 6) is 0.835. The number of nitrogens with zero attached hydrogens (tertiary/aromatic N) is 1. The van der Waals surface area contributed by atoms with Gasteiger partial charge in [-0.05, 0) is 55.0 Å². The summed E-state index contributed by atoms with van der Waals surface area (Å²) in [6.45, 7) is 10.4. The van der Waals surface area contributed by atoms with Crippen LogP contribution in [0.1, 0.15) is 64.0 Å². The summed E-state index contributed by atoms with van der Waals surface area (Å²) in [4.78, 5) is 4.14. The Labute approximate surface area is 157 Å². The maximum atomic E-state index is 10.6.